The number of aryl methyl sites for hydroxylation is 2. The number of halogens is 4. The summed E-state index contributed by atoms with van der Waals surface area (Å²) >= 11 is 0. The first-order chi connectivity index (χ1) is 16.1. The topological polar surface area (TPSA) is 85.2 Å². The molecule has 186 valence electrons. The Labute approximate surface area is 199 Å². The quantitative estimate of drug-likeness (QED) is 0.410. The van der Waals surface area contributed by atoms with Crippen molar-refractivity contribution >= 4 is 29.1 Å². The first kappa shape index (κ1) is 25.7. The van der Waals surface area contributed by atoms with Crippen LogP contribution in [0.5, 0.6) is 0 Å². The first-order valence-corrected chi connectivity index (χ1v) is 10.5. The Balaban J connectivity index is 1.95. The standard InChI is InChI=1S/C24H24F4N4O3/c1-13-10-16(25)7-9-18(13)29-19-8-6-15(24(26,27)28)11-17(19)21(33)30-20-12-32(31-14(20)2)22(34)35-23(3,4)5/h6-12,29H,1-5H3,(H,30,33). The maximum Gasteiger partial charge on any atom is 0.435 e. The Bertz CT molecular complexity index is 1280. The number of benzene rings is 2. The second-order valence-corrected chi connectivity index (χ2v) is 8.85. The second kappa shape index (κ2) is 9.40. The van der Waals surface area contributed by atoms with E-state index >= 15 is 0 Å². The molecule has 2 N–H and O–H groups in total. The molecule has 0 saturated carbocycles. The maximum absolute atomic E-state index is 13.5. The largest absolute Gasteiger partial charge is 0.442 e. The zero-order chi connectivity index (χ0) is 26.1. The number of carbonyl (C=O) groups is 2. The van der Waals surface area contributed by atoms with Gasteiger partial charge in [0.1, 0.15) is 11.4 Å². The van der Waals surface area contributed by atoms with Crippen LogP contribution in [-0.4, -0.2) is 27.4 Å². The molecule has 3 aromatic rings. The minimum absolute atomic E-state index is 0.0717. The van der Waals surface area contributed by atoms with Crippen LogP contribution in [0.2, 0.25) is 0 Å². The van der Waals surface area contributed by atoms with E-state index in [4.69, 9.17) is 4.74 Å². The van der Waals surface area contributed by atoms with Crippen molar-refractivity contribution in [3.63, 3.8) is 0 Å². The van der Waals surface area contributed by atoms with Gasteiger partial charge in [-0.1, -0.05) is 0 Å². The summed E-state index contributed by atoms with van der Waals surface area (Å²) in [5.41, 5.74) is -0.778. The predicted octanol–water partition coefficient (Wildman–Crippen LogP) is 6.44. The fourth-order valence-electron chi connectivity index (χ4n) is 3.10. The fraction of sp³-hybridized carbons (Fsp3) is 0.292. The van der Waals surface area contributed by atoms with E-state index in [1.54, 1.807) is 27.7 Å². The van der Waals surface area contributed by atoms with Gasteiger partial charge in [0.2, 0.25) is 0 Å². The van der Waals surface area contributed by atoms with E-state index in [2.05, 4.69) is 15.7 Å². The summed E-state index contributed by atoms with van der Waals surface area (Å²) in [4.78, 5) is 25.3. The molecule has 0 aliphatic heterocycles. The lowest BCUT2D eigenvalue weighted by Crippen LogP contribution is -2.27. The number of carbonyl (C=O) groups excluding carboxylic acids is 2. The van der Waals surface area contributed by atoms with Gasteiger partial charge in [0.25, 0.3) is 5.91 Å². The summed E-state index contributed by atoms with van der Waals surface area (Å²) in [5.74, 6) is -1.35. The Hall–Kier alpha value is -3.89. The number of anilines is 3. The van der Waals surface area contributed by atoms with E-state index in [-0.39, 0.29) is 22.6 Å². The number of hydrogen-bond donors (Lipinski definition) is 2. The highest BCUT2D eigenvalue weighted by molar-refractivity contribution is 6.09. The summed E-state index contributed by atoms with van der Waals surface area (Å²) in [7, 11) is 0. The van der Waals surface area contributed by atoms with Crippen LogP contribution >= 0.6 is 0 Å². The van der Waals surface area contributed by atoms with Crippen molar-refractivity contribution in [3.05, 3.63) is 70.8 Å². The zero-order valence-electron chi connectivity index (χ0n) is 19.7. The number of nitrogens with one attached hydrogen (secondary N) is 2. The van der Waals surface area contributed by atoms with Crippen LogP contribution in [0.3, 0.4) is 0 Å². The third kappa shape index (κ3) is 6.37. The molecule has 0 spiro atoms. The van der Waals surface area contributed by atoms with Gasteiger partial charge in [-0.05, 0) is 76.6 Å². The summed E-state index contributed by atoms with van der Waals surface area (Å²) in [5, 5.41) is 9.39. The van der Waals surface area contributed by atoms with Crippen molar-refractivity contribution in [2.45, 2.75) is 46.4 Å². The predicted molar refractivity (Wildman–Crippen MR) is 122 cm³/mol. The molecule has 0 radical (unpaired) electrons. The molecular weight excluding hydrogens is 468 g/mol. The van der Waals surface area contributed by atoms with Gasteiger partial charge in [-0.2, -0.15) is 23.0 Å². The molecule has 0 unspecified atom stereocenters. The van der Waals surface area contributed by atoms with Crippen LogP contribution in [-0.2, 0) is 10.9 Å². The summed E-state index contributed by atoms with van der Waals surface area (Å²) in [6, 6.07) is 6.53. The fourth-order valence-corrected chi connectivity index (χ4v) is 3.10. The SMILES string of the molecule is Cc1cc(F)ccc1Nc1ccc(C(F)(F)F)cc1C(=O)Nc1cn(C(=O)OC(C)(C)C)nc1C. The van der Waals surface area contributed by atoms with Crippen LogP contribution < -0.4 is 10.6 Å². The molecule has 0 aliphatic rings. The average molecular weight is 492 g/mol. The number of aromatic nitrogens is 2. The molecule has 1 amide bonds. The van der Waals surface area contributed by atoms with E-state index in [0.717, 1.165) is 16.8 Å². The van der Waals surface area contributed by atoms with E-state index in [9.17, 15) is 27.2 Å². The first-order valence-electron chi connectivity index (χ1n) is 10.5. The Kier molecular flexibility index (Phi) is 6.91. The molecule has 1 heterocycles. The van der Waals surface area contributed by atoms with E-state index in [0.29, 0.717) is 17.3 Å². The number of ether oxygens (including phenoxy) is 1. The number of rotatable bonds is 4. The summed E-state index contributed by atoms with van der Waals surface area (Å²) in [6.45, 7) is 8.16. The molecule has 1 aromatic heterocycles. The molecule has 2 aromatic carbocycles. The minimum atomic E-state index is -4.68. The Morgan fingerprint density at radius 3 is 2.23 bits per heavy atom. The van der Waals surface area contributed by atoms with Gasteiger partial charge in [0.05, 0.1) is 34.4 Å². The molecule has 0 fully saturated rings. The van der Waals surface area contributed by atoms with Gasteiger partial charge < -0.3 is 15.4 Å². The average Bonchev–Trinajstić information content (AvgIpc) is 3.08. The molecule has 0 saturated heterocycles. The second-order valence-electron chi connectivity index (χ2n) is 8.85. The van der Waals surface area contributed by atoms with Crippen LogP contribution in [0.1, 0.15) is 48.0 Å². The molecule has 7 nitrogen and oxygen atoms in total. The number of nitrogens with zero attached hydrogens (tertiary/aromatic N) is 2. The van der Waals surface area contributed by atoms with Crippen molar-refractivity contribution in [1.82, 2.24) is 9.78 Å². The van der Waals surface area contributed by atoms with Crippen molar-refractivity contribution < 1.29 is 31.9 Å². The van der Waals surface area contributed by atoms with Crippen molar-refractivity contribution in [1.29, 1.82) is 0 Å². The number of hydrogen-bond acceptors (Lipinski definition) is 5. The van der Waals surface area contributed by atoms with Gasteiger partial charge in [0, 0.05) is 5.69 Å². The molecule has 11 heteroatoms. The van der Waals surface area contributed by atoms with Crippen LogP contribution in [0.15, 0.2) is 42.6 Å². The summed E-state index contributed by atoms with van der Waals surface area (Å²) in [6.07, 6.45) is -4.25. The molecular formula is C24H24F4N4O3. The smallest absolute Gasteiger partial charge is 0.435 e. The number of amides is 1. The Morgan fingerprint density at radius 1 is 0.971 bits per heavy atom. The van der Waals surface area contributed by atoms with Crippen molar-refractivity contribution in [2.24, 2.45) is 0 Å². The monoisotopic (exact) mass is 492 g/mol. The maximum atomic E-state index is 13.5. The summed E-state index contributed by atoms with van der Waals surface area (Å²) < 4.78 is 59.6. The highest BCUT2D eigenvalue weighted by Crippen LogP contribution is 2.34. The van der Waals surface area contributed by atoms with E-state index < -0.39 is 35.2 Å². The lowest BCUT2D eigenvalue weighted by atomic mass is 10.1. The van der Waals surface area contributed by atoms with Gasteiger partial charge in [-0.15, -0.1) is 0 Å². The van der Waals surface area contributed by atoms with Crippen molar-refractivity contribution in [3.8, 4) is 0 Å². The molecule has 3 rings (SSSR count). The van der Waals surface area contributed by atoms with Gasteiger partial charge in [-0.25, -0.2) is 9.18 Å². The van der Waals surface area contributed by atoms with Crippen molar-refractivity contribution in [2.75, 3.05) is 10.6 Å². The highest BCUT2D eigenvalue weighted by Gasteiger charge is 2.32. The van der Waals surface area contributed by atoms with E-state index in [1.165, 1.54) is 31.3 Å². The Morgan fingerprint density at radius 2 is 1.63 bits per heavy atom. The molecule has 0 aliphatic carbocycles. The van der Waals surface area contributed by atoms with Crippen LogP contribution in [0, 0.1) is 19.7 Å². The zero-order valence-corrected chi connectivity index (χ0v) is 19.7. The minimum Gasteiger partial charge on any atom is -0.442 e. The highest BCUT2D eigenvalue weighted by atomic mass is 19.4. The van der Waals surface area contributed by atoms with E-state index in [1.807, 2.05) is 0 Å². The molecule has 0 atom stereocenters. The lowest BCUT2D eigenvalue weighted by Gasteiger charge is -2.18. The lowest BCUT2D eigenvalue weighted by molar-refractivity contribution is -0.137. The van der Waals surface area contributed by atoms with Crippen LogP contribution in [0.4, 0.5) is 39.4 Å². The third-order valence-corrected chi connectivity index (χ3v) is 4.78. The number of alkyl halides is 3. The third-order valence-electron chi connectivity index (χ3n) is 4.78. The molecule has 0 bridgehead atoms. The van der Waals surface area contributed by atoms with Gasteiger partial charge in [-0.3, -0.25) is 4.79 Å². The normalized spacial score (nSPS) is 11.8. The van der Waals surface area contributed by atoms with Crippen LogP contribution in [0.25, 0.3) is 0 Å². The van der Waals surface area contributed by atoms with Gasteiger partial charge in [0.15, 0.2) is 0 Å². The van der Waals surface area contributed by atoms with Gasteiger partial charge >= 0.3 is 12.3 Å². The molecule has 35 heavy (non-hydrogen) atoms.